The first kappa shape index (κ1) is 12.0. The molecule has 1 aromatic rings. The van der Waals surface area contributed by atoms with Crippen LogP contribution >= 0.6 is 22.9 Å². The Kier molecular flexibility index (Phi) is 3.29. The summed E-state index contributed by atoms with van der Waals surface area (Å²) in [4.78, 5) is 0.891. The fourth-order valence-electron chi connectivity index (χ4n) is 0.966. The van der Waals surface area contributed by atoms with E-state index in [1.165, 1.54) is 17.6 Å². The van der Waals surface area contributed by atoms with E-state index >= 15 is 0 Å². The molecular formula is C9H13ClO2S2. The maximum Gasteiger partial charge on any atom is 0.154 e. The van der Waals surface area contributed by atoms with Crippen molar-refractivity contribution in [1.82, 2.24) is 0 Å². The zero-order valence-corrected chi connectivity index (χ0v) is 10.7. The molecule has 0 amide bonds. The highest BCUT2D eigenvalue weighted by molar-refractivity contribution is 7.92. The Morgan fingerprint density at radius 1 is 1.50 bits per heavy atom. The van der Waals surface area contributed by atoms with Crippen LogP contribution in [0.4, 0.5) is 0 Å². The third kappa shape index (κ3) is 2.12. The number of hydrogen-bond donors (Lipinski definition) is 0. The van der Waals surface area contributed by atoms with Gasteiger partial charge in [-0.2, -0.15) is 0 Å². The molecule has 1 atom stereocenters. The minimum atomic E-state index is -3.15. The standard InChI is InChI=1S/C9H13ClO2S2/c1-9(2,14(3,11)12)8(10)7-5-4-6-13-7/h4-6,8H,1-3H3. The molecule has 1 heterocycles. The summed E-state index contributed by atoms with van der Waals surface area (Å²) in [5.41, 5.74) is 0. The monoisotopic (exact) mass is 252 g/mol. The number of alkyl halides is 1. The molecule has 5 heteroatoms. The number of hydrogen-bond acceptors (Lipinski definition) is 3. The van der Waals surface area contributed by atoms with Gasteiger partial charge in [0.15, 0.2) is 9.84 Å². The summed E-state index contributed by atoms with van der Waals surface area (Å²) in [5.74, 6) is 0. The molecule has 0 saturated carbocycles. The van der Waals surface area contributed by atoms with Crippen LogP contribution in [0.1, 0.15) is 24.1 Å². The smallest absolute Gasteiger partial charge is 0.154 e. The molecule has 0 radical (unpaired) electrons. The molecule has 1 rings (SSSR count). The van der Waals surface area contributed by atoms with Gasteiger partial charge in [-0.15, -0.1) is 22.9 Å². The molecule has 1 unspecified atom stereocenters. The summed E-state index contributed by atoms with van der Waals surface area (Å²) in [6.07, 6.45) is 1.22. The second-order valence-electron chi connectivity index (χ2n) is 3.75. The predicted molar refractivity (Wildman–Crippen MR) is 61.8 cm³/mol. The van der Waals surface area contributed by atoms with Crippen LogP contribution in [0, 0.1) is 0 Å². The first-order valence-electron chi connectivity index (χ1n) is 4.14. The van der Waals surface area contributed by atoms with Crippen LogP contribution < -0.4 is 0 Å². The van der Waals surface area contributed by atoms with Gasteiger partial charge in [0.25, 0.3) is 0 Å². The first-order valence-corrected chi connectivity index (χ1v) is 7.34. The van der Waals surface area contributed by atoms with Crippen molar-refractivity contribution in [1.29, 1.82) is 0 Å². The van der Waals surface area contributed by atoms with Crippen molar-refractivity contribution in [2.75, 3.05) is 6.26 Å². The van der Waals surface area contributed by atoms with E-state index in [0.717, 1.165) is 4.88 Å². The molecule has 0 N–H and O–H groups in total. The average molecular weight is 253 g/mol. The fourth-order valence-corrected chi connectivity index (χ4v) is 3.14. The highest BCUT2D eigenvalue weighted by Gasteiger charge is 2.39. The molecule has 0 aliphatic heterocycles. The summed E-state index contributed by atoms with van der Waals surface area (Å²) in [7, 11) is -3.15. The number of halogens is 1. The van der Waals surface area contributed by atoms with E-state index in [-0.39, 0.29) is 0 Å². The van der Waals surface area contributed by atoms with Gasteiger partial charge in [-0.1, -0.05) is 6.07 Å². The van der Waals surface area contributed by atoms with Gasteiger partial charge in [0.05, 0.1) is 10.1 Å². The highest BCUT2D eigenvalue weighted by atomic mass is 35.5. The third-order valence-electron chi connectivity index (χ3n) is 2.36. The fraction of sp³-hybridized carbons (Fsp3) is 0.556. The average Bonchev–Trinajstić information content (AvgIpc) is 2.52. The van der Waals surface area contributed by atoms with E-state index in [4.69, 9.17) is 11.6 Å². The Balaban J connectivity index is 3.07. The molecule has 0 aliphatic carbocycles. The van der Waals surface area contributed by atoms with Gasteiger partial charge in [-0.05, 0) is 25.3 Å². The van der Waals surface area contributed by atoms with Crippen LogP contribution in [0.15, 0.2) is 17.5 Å². The van der Waals surface area contributed by atoms with Crippen molar-refractivity contribution in [2.45, 2.75) is 24.0 Å². The molecule has 2 nitrogen and oxygen atoms in total. The molecule has 80 valence electrons. The van der Waals surface area contributed by atoms with Gasteiger partial charge in [0.1, 0.15) is 0 Å². The van der Waals surface area contributed by atoms with Gasteiger partial charge in [0, 0.05) is 11.1 Å². The summed E-state index contributed by atoms with van der Waals surface area (Å²) in [5, 5.41) is 1.40. The molecule has 0 aromatic carbocycles. The van der Waals surface area contributed by atoms with E-state index < -0.39 is 20.0 Å². The normalized spacial score (nSPS) is 15.4. The molecular weight excluding hydrogens is 240 g/mol. The van der Waals surface area contributed by atoms with E-state index in [0.29, 0.717) is 0 Å². The van der Waals surface area contributed by atoms with Crippen molar-refractivity contribution >= 4 is 32.8 Å². The molecule has 0 spiro atoms. The summed E-state index contributed by atoms with van der Waals surface area (Å²) < 4.78 is 22.1. The van der Waals surface area contributed by atoms with Gasteiger partial charge in [-0.3, -0.25) is 0 Å². The quantitative estimate of drug-likeness (QED) is 0.776. The third-order valence-corrected chi connectivity index (χ3v) is 6.48. The Labute approximate surface area is 93.8 Å². The van der Waals surface area contributed by atoms with Gasteiger partial charge >= 0.3 is 0 Å². The van der Waals surface area contributed by atoms with Crippen LogP contribution in [0.3, 0.4) is 0 Å². The molecule has 0 fully saturated rings. The topological polar surface area (TPSA) is 34.1 Å². The van der Waals surface area contributed by atoms with Crippen LogP contribution in [0.25, 0.3) is 0 Å². The number of thiophene rings is 1. The van der Waals surface area contributed by atoms with Crippen molar-refractivity contribution in [2.24, 2.45) is 0 Å². The number of sulfone groups is 1. The lowest BCUT2D eigenvalue weighted by Gasteiger charge is -2.27. The van der Waals surface area contributed by atoms with Crippen molar-refractivity contribution in [3.8, 4) is 0 Å². The lowest BCUT2D eigenvalue weighted by molar-refractivity contribution is 0.545. The Morgan fingerprint density at radius 3 is 2.43 bits per heavy atom. The van der Waals surface area contributed by atoms with Gasteiger partial charge < -0.3 is 0 Å². The van der Waals surface area contributed by atoms with E-state index in [1.54, 1.807) is 13.8 Å². The molecule has 14 heavy (non-hydrogen) atoms. The summed E-state index contributed by atoms with van der Waals surface area (Å²) in [6, 6.07) is 3.73. The zero-order valence-electron chi connectivity index (χ0n) is 8.32. The van der Waals surface area contributed by atoms with Crippen molar-refractivity contribution in [3.63, 3.8) is 0 Å². The zero-order chi connectivity index (χ0) is 11.0. The maximum atomic E-state index is 11.5. The molecule has 0 bridgehead atoms. The lowest BCUT2D eigenvalue weighted by Crippen LogP contribution is -2.35. The minimum Gasteiger partial charge on any atom is -0.229 e. The van der Waals surface area contributed by atoms with E-state index in [2.05, 4.69) is 0 Å². The Hall–Kier alpha value is -0.0600. The van der Waals surface area contributed by atoms with Crippen LogP contribution in [-0.2, 0) is 9.84 Å². The first-order chi connectivity index (χ1) is 6.27. The van der Waals surface area contributed by atoms with Gasteiger partial charge in [0.2, 0.25) is 0 Å². The summed E-state index contributed by atoms with van der Waals surface area (Å²) >= 11 is 7.63. The minimum absolute atomic E-state index is 0.488. The van der Waals surface area contributed by atoms with E-state index in [1.807, 2.05) is 17.5 Å². The van der Waals surface area contributed by atoms with Crippen LogP contribution in [0.5, 0.6) is 0 Å². The molecule has 0 saturated heterocycles. The van der Waals surface area contributed by atoms with Crippen molar-refractivity contribution in [3.05, 3.63) is 22.4 Å². The van der Waals surface area contributed by atoms with Crippen LogP contribution in [0.2, 0.25) is 0 Å². The Morgan fingerprint density at radius 2 is 2.07 bits per heavy atom. The van der Waals surface area contributed by atoms with Gasteiger partial charge in [-0.25, -0.2) is 8.42 Å². The predicted octanol–water partition coefficient (Wildman–Crippen LogP) is 2.85. The lowest BCUT2D eigenvalue weighted by atomic mass is 10.1. The molecule has 1 aromatic heterocycles. The maximum absolute atomic E-state index is 11.5. The number of rotatable bonds is 3. The second kappa shape index (κ2) is 3.83. The SMILES string of the molecule is CC(C)(C(Cl)c1cccs1)S(C)(=O)=O. The largest absolute Gasteiger partial charge is 0.229 e. The second-order valence-corrected chi connectivity index (χ2v) is 7.77. The summed E-state index contributed by atoms with van der Waals surface area (Å²) in [6.45, 7) is 3.30. The van der Waals surface area contributed by atoms with Crippen LogP contribution in [-0.4, -0.2) is 19.4 Å². The van der Waals surface area contributed by atoms with Crippen molar-refractivity contribution < 1.29 is 8.42 Å². The van der Waals surface area contributed by atoms with E-state index in [9.17, 15) is 8.42 Å². The molecule has 0 aliphatic rings. The highest BCUT2D eigenvalue weighted by Crippen LogP contribution is 2.39. The Bertz CT molecular complexity index is 392.